The van der Waals surface area contributed by atoms with Crippen LogP contribution >= 0.6 is 11.6 Å². The van der Waals surface area contributed by atoms with Crippen molar-refractivity contribution in [1.29, 1.82) is 0 Å². The molecule has 168 valence electrons. The maximum atomic E-state index is 13.4. The molecule has 2 saturated heterocycles. The predicted molar refractivity (Wildman–Crippen MR) is 119 cm³/mol. The number of amides is 1. The fraction of sp³-hybridized carbons (Fsp3) is 0.333. The Balaban J connectivity index is 1.68. The summed E-state index contributed by atoms with van der Waals surface area (Å²) in [6, 6.07) is 11.3. The number of likely N-dealkylation sites (tertiary alicyclic amines) is 1. The largest absolute Gasteiger partial charge is 0.507 e. The van der Waals surface area contributed by atoms with Crippen molar-refractivity contribution in [3.63, 3.8) is 0 Å². The summed E-state index contributed by atoms with van der Waals surface area (Å²) >= 11 is 6.43. The summed E-state index contributed by atoms with van der Waals surface area (Å²) in [5.74, 6) is -2.26. The molecule has 0 unspecified atom stereocenters. The van der Waals surface area contributed by atoms with Crippen LogP contribution in [0.15, 0.2) is 54.1 Å². The van der Waals surface area contributed by atoms with Crippen molar-refractivity contribution in [3.05, 3.63) is 76.1 Å². The molecule has 8 heteroatoms. The summed E-state index contributed by atoms with van der Waals surface area (Å²) in [4.78, 5) is 29.7. The van der Waals surface area contributed by atoms with Gasteiger partial charge in [-0.05, 0) is 42.3 Å². The summed E-state index contributed by atoms with van der Waals surface area (Å²) < 4.78 is 18.7. The van der Waals surface area contributed by atoms with Crippen molar-refractivity contribution in [3.8, 4) is 0 Å². The molecule has 2 heterocycles. The second-order valence-electron chi connectivity index (χ2n) is 7.83. The van der Waals surface area contributed by atoms with Crippen LogP contribution in [-0.4, -0.2) is 66.0 Å². The van der Waals surface area contributed by atoms with E-state index in [1.165, 1.54) is 29.2 Å². The normalized spacial score (nSPS) is 21.3. The van der Waals surface area contributed by atoms with E-state index in [2.05, 4.69) is 4.90 Å². The molecule has 2 aliphatic heterocycles. The van der Waals surface area contributed by atoms with Gasteiger partial charge in [-0.25, -0.2) is 4.39 Å². The Hall–Kier alpha value is -2.74. The van der Waals surface area contributed by atoms with Crippen LogP contribution in [0.5, 0.6) is 0 Å². The van der Waals surface area contributed by atoms with Crippen LogP contribution in [0.3, 0.4) is 0 Å². The van der Waals surface area contributed by atoms with Gasteiger partial charge in [0.05, 0.1) is 24.8 Å². The molecule has 0 radical (unpaired) electrons. The van der Waals surface area contributed by atoms with E-state index in [0.717, 1.165) is 19.6 Å². The third kappa shape index (κ3) is 4.55. The van der Waals surface area contributed by atoms with Crippen LogP contribution in [0.25, 0.3) is 5.76 Å². The van der Waals surface area contributed by atoms with Crippen LogP contribution in [0, 0.1) is 5.82 Å². The fourth-order valence-corrected chi connectivity index (χ4v) is 4.42. The van der Waals surface area contributed by atoms with Gasteiger partial charge >= 0.3 is 0 Å². The number of nitrogens with zero attached hydrogens (tertiary/aromatic N) is 2. The second kappa shape index (κ2) is 9.81. The molecule has 0 aromatic heterocycles. The quantitative estimate of drug-likeness (QED) is 0.407. The zero-order chi connectivity index (χ0) is 22.7. The second-order valence-corrected chi connectivity index (χ2v) is 8.24. The van der Waals surface area contributed by atoms with E-state index in [4.69, 9.17) is 16.3 Å². The summed E-state index contributed by atoms with van der Waals surface area (Å²) in [6.07, 6.45) is 0.657. The molecule has 0 spiro atoms. The lowest BCUT2D eigenvalue weighted by atomic mass is 9.95. The Morgan fingerprint density at radius 3 is 2.44 bits per heavy atom. The number of hydrogen-bond acceptors (Lipinski definition) is 5. The molecular weight excluding hydrogens is 435 g/mol. The third-order valence-electron chi connectivity index (χ3n) is 5.83. The maximum Gasteiger partial charge on any atom is 0.295 e. The highest BCUT2D eigenvalue weighted by molar-refractivity contribution is 6.47. The molecule has 0 aliphatic carbocycles. The Morgan fingerprint density at radius 1 is 1.06 bits per heavy atom. The number of carbonyl (C=O) groups excluding carboxylic acids is 2. The fourth-order valence-electron chi connectivity index (χ4n) is 4.18. The average molecular weight is 459 g/mol. The molecular formula is C24H24ClFN2O4. The van der Waals surface area contributed by atoms with Crippen molar-refractivity contribution in [2.24, 2.45) is 0 Å². The van der Waals surface area contributed by atoms with Gasteiger partial charge in [0.15, 0.2) is 0 Å². The number of ether oxygens (including phenoxy) is 1. The van der Waals surface area contributed by atoms with Gasteiger partial charge in [0.2, 0.25) is 0 Å². The van der Waals surface area contributed by atoms with Gasteiger partial charge in [0, 0.05) is 36.8 Å². The first kappa shape index (κ1) is 22.5. The van der Waals surface area contributed by atoms with Crippen molar-refractivity contribution in [2.45, 2.75) is 12.5 Å². The lowest BCUT2D eigenvalue weighted by Crippen LogP contribution is -2.39. The van der Waals surface area contributed by atoms with Crippen LogP contribution in [0.2, 0.25) is 5.02 Å². The molecule has 32 heavy (non-hydrogen) atoms. The van der Waals surface area contributed by atoms with Crippen molar-refractivity contribution >= 4 is 29.1 Å². The first-order chi connectivity index (χ1) is 15.5. The molecule has 1 N–H and O–H groups in total. The van der Waals surface area contributed by atoms with Crippen molar-refractivity contribution < 1.29 is 23.8 Å². The number of rotatable bonds is 6. The molecule has 1 atom stereocenters. The number of hydrogen-bond donors (Lipinski definition) is 1. The molecule has 2 aliphatic rings. The monoisotopic (exact) mass is 458 g/mol. The SMILES string of the molecule is O=C1C(=O)N(CCCN2CCOCC2)[C@@H](c2ccccc2Cl)/C1=C(\O)c1ccc(F)cc1. The third-order valence-corrected chi connectivity index (χ3v) is 6.18. The molecule has 2 aromatic carbocycles. The highest BCUT2D eigenvalue weighted by Gasteiger charge is 2.46. The van der Waals surface area contributed by atoms with Crippen LogP contribution in [0.4, 0.5) is 4.39 Å². The van der Waals surface area contributed by atoms with E-state index in [9.17, 15) is 19.1 Å². The Kier molecular flexibility index (Phi) is 6.89. The minimum Gasteiger partial charge on any atom is -0.507 e. The number of aliphatic hydroxyl groups is 1. The predicted octanol–water partition coefficient (Wildman–Crippen LogP) is 3.62. The molecule has 6 nitrogen and oxygen atoms in total. The minimum absolute atomic E-state index is 0.0407. The number of benzene rings is 2. The zero-order valence-electron chi connectivity index (χ0n) is 17.5. The first-order valence-electron chi connectivity index (χ1n) is 10.6. The summed E-state index contributed by atoms with van der Waals surface area (Å²) in [5, 5.41) is 11.4. The smallest absolute Gasteiger partial charge is 0.295 e. The highest BCUT2D eigenvalue weighted by atomic mass is 35.5. The van der Waals surface area contributed by atoms with Crippen LogP contribution < -0.4 is 0 Å². The van der Waals surface area contributed by atoms with E-state index in [1.54, 1.807) is 24.3 Å². The first-order valence-corrected chi connectivity index (χ1v) is 10.9. The number of ketones is 1. The van der Waals surface area contributed by atoms with Crippen LogP contribution in [0.1, 0.15) is 23.6 Å². The summed E-state index contributed by atoms with van der Waals surface area (Å²) in [5.41, 5.74) is 0.777. The molecule has 0 bridgehead atoms. The van der Waals surface area contributed by atoms with E-state index in [1.807, 2.05) is 0 Å². The lowest BCUT2D eigenvalue weighted by molar-refractivity contribution is -0.140. The van der Waals surface area contributed by atoms with Gasteiger partial charge in [-0.3, -0.25) is 14.5 Å². The Morgan fingerprint density at radius 2 is 1.75 bits per heavy atom. The molecule has 2 fully saturated rings. The lowest BCUT2D eigenvalue weighted by Gasteiger charge is -2.29. The summed E-state index contributed by atoms with van der Waals surface area (Å²) in [6.45, 7) is 4.12. The topological polar surface area (TPSA) is 70.1 Å². The minimum atomic E-state index is -0.821. The number of halogens is 2. The van der Waals surface area contributed by atoms with Crippen molar-refractivity contribution in [1.82, 2.24) is 9.80 Å². The maximum absolute atomic E-state index is 13.4. The molecule has 2 aromatic rings. The van der Waals surface area contributed by atoms with E-state index < -0.39 is 23.5 Å². The van der Waals surface area contributed by atoms with Gasteiger partial charge in [-0.15, -0.1) is 0 Å². The number of carbonyl (C=O) groups is 2. The standard InChI is InChI=1S/C24H24ClFN2O4/c25-19-5-2-1-4-18(19)21-20(22(29)16-6-8-17(26)9-7-16)23(30)24(31)28(21)11-3-10-27-12-14-32-15-13-27/h1-2,4-9,21,29H,3,10-15H2/b22-20+/t21-/m0/s1. The van der Waals surface area contributed by atoms with Gasteiger partial charge in [0.25, 0.3) is 11.7 Å². The van der Waals surface area contributed by atoms with Gasteiger partial charge in [-0.1, -0.05) is 29.8 Å². The Labute approximate surface area is 190 Å². The molecule has 0 saturated carbocycles. The summed E-state index contributed by atoms with van der Waals surface area (Å²) in [7, 11) is 0. The zero-order valence-corrected chi connectivity index (χ0v) is 18.2. The van der Waals surface area contributed by atoms with Crippen molar-refractivity contribution in [2.75, 3.05) is 39.4 Å². The Bertz CT molecular complexity index is 1030. The van der Waals surface area contributed by atoms with Gasteiger partial charge < -0.3 is 14.7 Å². The van der Waals surface area contributed by atoms with Gasteiger partial charge in [-0.2, -0.15) is 0 Å². The molecule has 4 rings (SSSR count). The number of Topliss-reactive ketones (excluding diaryl/α,β-unsaturated/α-hetero) is 1. The average Bonchev–Trinajstić information content (AvgIpc) is 3.05. The number of morpholine rings is 1. The van der Waals surface area contributed by atoms with E-state index in [-0.39, 0.29) is 16.9 Å². The highest BCUT2D eigenvalue weighted by Crippen LogP contribution is 2.41. The van der Waals surface area contributed by atoms with Crippen LogP contribution in [-0.2, 0) is 14.3 Å². The molecule has 1 amide bonds. The number of aliphatic hydroxyl groups excluding tert-OH is 1. The van der Waals surface area contributed by atoms with E-state index in [0.29, 0.717) is 36.8 Å². The van der Waals surface area contributed by atoms with Gasteiger partial charge in [0.1, 0.15) is 11.6 Å². The van der Waals surface area contributed by atoms with E-state index >= 15 is 0 Å².